The van der Waals surface area contributed by atoms with Crippen molar-refractivity contribution >= 4 is 23.8 Å². The lowest BCUT2D eigenvalue weighted by molar-refractivity contribution is -0.128. The standard InChI is InChI=1S/C28H36N6O3/c1-3-25(35)33-16-14-32(15-17-33)24-8-6-4-5-7-13-34-26-23(19-37-28(34)36)18-29-27(31-26)30-20(2)21-9-11-22(24)12-10-21/h3,9-12,18,20,24H,1,4-8,13-17,19H2,2H3,(H,29,30,31)/t20-,24?/m0/s1. The number of aromatic nitrogens is 2. The van der Waals surface area contributed by atoms with E-state index in [1.807, 2.05) is 4.90 Å². The SMILES string of the molecule is C=CC(=O)N1CCN(C2CCCCCCN3C(=O)OCc4cnc(nc43)N[C@@H](C)c3ccc2cc3)CC1. The second-order valence-corrected chi connectivity index (χ2v) is 10.1. The molecule has 6 rings (SSSR count). The van der Waals surface area contributed by atoms with Crippen molar-refractivity contribution in [2.45, 2.75) is 57.7 Å². The third kappa shape index (κ3) is 5.61. The molecule has 1 unspecified atom stereocenters. The summed E-state index contributed by atoms with van der Waals surface area (Å²) in [5.74, 6) is 1.16. The summed E-state index contributed by atoms with van der Waals surface area (Å²) in [4.78, 5) is 39.8. The van der Waals surface area contributed by atoms with Gasteiger partial charge in [0, 0.05) is 45.0 Å². The van der Waals surface area contributed by atoms with Crippen molar-refractivity contribution in [2.24, 2.45) is 0 Å². The second-order valence-electron chi connectivity index (χ2n) is 10.1. The molecule has 1 N–H and O–H groups in total. The molecule has 1 aromatic carbocycles. The van der Waals surface area contributed by atoms with Gasteiger partial charge in [-0.15, -0.1) is 0 Å². The summed E-state index contributed by atoms with van der Waals surface area (Å²) in [6, 6.07) is 9.15. The van der Waals surface area contributed by atoms with E-state index >= 15 is 0 Å². The fraction of sp³-hybridized carbons (Fsp3) is 0.500. The fourth-order valence-electron chi connectivity index (χ4n) is 5.49. The van der Waals surface area contributed by atoms with Gasteiger partial charge in [-0.05, 0) is 37.0 Å². The van der Waals surface area contributed by atoms with Crippen LogP contribution in [-0.4, -0.2) is 64.5 Å². The summed E-state index contributed by atoms with van der Waals surface area (Å²) in [7, 11) is 0. The number of amides is 2. The number of hydrogen-bond acceptors (Lipinski definition) is 7. The summed E-state index contributed by atoms with van der Waals surface area (Å²) < 4.78 is 5.36. The number of benzene rings is 1. The molecule has 0 saturated carbocycles. The van der Waals surface area contributed by atoms with E-state index in [2.05, 4.69) is 53.0 Å². The molecule has 196 valence electrons. The van der Waals surface area contributed by atoms with Gasteiger partial charge in [-0.25, -0.2) is 9.78 Å². The van der Waals surface area contributed by atoms with E-state index in [0.29, 0.717) is 24.4 Å². The van der Waals surface area contributed by atoms with E-state index < -0.39 is 0 Å². The first-order valence-electron chi connectivity index (χ1n) is 13.4. The van der Waals surface area contributed by atoms with Crippen molar-refractivity contribution in [2.75, 3.05) is 42.9 Å². The Hall–Kier alpha value is -3.46. The highest BCUT2D eigenvalue weighted by molar-refractivity contribution is 5.89. The second kappa shape index (κ2) is 11.3. The minimum atomic E-state index is -0.340. The molecule has 2 aromatic rings. The van der Waals surface area contributed by atoms with Crippen molar-refractivity contribution in [3.8, 4) is 0 Å². The predicted molar refractivity (Wildman–Crippen MR) is 142 cm³/mol. The molecule has 5 heterocycles. The van der Waals surface area contributed by atoms with E-state index in [4.69, 9.17) is 9.72 Å². The van der Waals surface area contributed by atoms with Crippen LogP contribution in [0, 0.1) is 0 Å². The van der Waals surface area contributed by atoms with Gasteiger partial charge in [0.15, 0.2) is 0 Å². The Labute approximate surface area is 218 Å². The Morgan fingerprint density at radius 3 is 2.54 bits per heavy atom. The largest absolute Gasteiger partial charge is 0.444 e. The van der Waals surface area contributed by atoms with E-state index in [0.717, 1.165) is 69.4 Å². The number of ether oxygens (including phenoxy) is 1. The summed E-state index contributed by atoms with van der Waals surface area (Å²) >= 11 is 0. The maximum Gasteiger partial charge on any atom is 0.415 e. The molecule has 1 fully saturated rings. The summed E-state index contributed by atoms with van der Waals surface area (Å²) in [6.45, 7) is 9.68. The lowest BCUT2D eigenvalue weighted by atomic mass is 9.95. The molecule has 9 heteroatoms. The number of hydrogen-bond donors (Lipinski definition) is 1. The number of nitrogens with one attached hydrogen (secondary N) is 1. The molecule has 4 aliphatic rings. The average molecular weight is 505 g/mol. The topological polar surface area (TPSA) is 90.9 Å². The van der Waals surface area contributed by atoms with Crippen LogP contribution in [0.5, 0.6) is 0 Å². The number of rotatable bonds is 2. The van der Waals surface area contributed by atoms with Gasteiger partial charge in [-0.3, -0.25) is 14.6 Å². The highest BCUT2D eigenvalue weighted by Crippen LogP contribution is 2.31. The van der Waals surface area contributed by atoms with E-state index in [1.54, 1.807) is 11.1 Å². The van der Waals surface area contributed by atoms with Gasteiger partial charge < -0.3 is 15.0 Å². The quantitative estimate of drug-likeness (QED) is 0.605. The lowest BCUT2D eigenvalue weighted by Gasteiger charge is -2.39. The number of nitrogens with zero attached hydrogens (tertiary/aromatic N) is 5. The molecule has 9 nitrogen and oxygen atoms in total. The maximum absolute atomic E-state index is 12.5. The fourth-order valence-corrected chi connectivity index (χ4v) is 5.49. The Bertz CT molecular complexity index is 1130. The van der Waals surface area contributed by atoms with Crippen LogP contribution in [0.25, 0.3) is 0 Å². The van der Waals surface area contributed by atoms with Gasteiger partial charge in [0.25, 0.3) is 0 Å². The van der Waals surface area contributed by atoms with Gasteiger partial charge in [-0.2, -0.15) is 4.98 Å². The molecule has 2 amide bonds. The first-order valence-corrected chi connectivity index (χ1v) is 13.4. The predicted octanol–water partition coefficient (Wildman–Crippen LogP) is 4.44. The maximum atomic E-state index is 12.5. The van der Waals surface area contributed by atoms with Gasteiger partial charge in [0.2, 0.25) is 11.9 Å². The van der Waals surface area contributed by atoms with Crippen molar-refractivity contribution in [3.05, 3.63) is 59.8 Å². The van der Waals surface area contributed by atoms with Gasteiger partial charge >= 0.3 is 6.09 Å². The van der Waals surface area contributed by atoms with Crippen molar-refractivity contribution in [1.29, 1.82) is 0 Å². The van der Waals surface area contributed by atoms with Crippen LogP contribution < -0.4 is 10.2 Å². The van der Waals surface area contributed by atoms with Crippen LogP contribution in [0.3, 0.4) is 0 Å². The van der Waals surface area contributed by atoms with Gasteiger partial charge in [0.1, 0.15) is 12.4 Å². The number of fused-ring (bicyclic) bond motifs is 9. The Balaban J connectivity index is 1.37. The molecule has 1 aromatic heterocycles. The monoisotopic (exact) mass is 504 g/mol. The molecule has 0 radical (unpaired) electrons. The van der Waals surface area contributed by atoms with Crippen LogP contribution in [-0.2, 0) is 16.1 Å². The van der Waals surface area contributed by atoms with Crippen molar-refractivity contribution < 1.29 is 14.3 Å². The van der Waals surface area contributed by atoms with Crippen molar-refractivity contribution in [1.82, 2.24) is 19.8 Å². The number of carbonyl (C=O) groups excluding carboxylic acids is 2. The number of anilines is 2. The third-order valence-corrected chi connectivity index (χ3v) is 7.69. The molecule has 2 atom stereocenters. The highest BCUT2D eigenvalue weighted by Gasteiger charge is 2.29. The molecule has 0 spiro atoms. The molecule has 4 aliphatic heterocycles. The number of piperazine rings is 1. The smallest absolute Gasteiger partial charge is 0.415 e. The normalized spacial score (nSPS) is 23.1. The summed E-state index contributed by atoms with van der Waals surface area (Å²) in [5.41, 5.74) is 3.29. The number of cyclic esters (lactones) is 1. The highest BCUT2D eigenvalue weighted by atomic mass is 16.6. The van der Waals surface area contributed by atoms with Crippen molar-refractivity contribution in [3.63, 3.8) is 0 Å². The lowest BCUT2D eigenvalue weighted by Crippen LogP contribution is -2.49. The van der Waals surface area contributed by atoms with Crippen LogP contribution in [0.15, 0.2) is 43.1 Å². The zero-order valence-corrected chi connectivity index (χ0v) is 21.6. The molecule has 0 aliphatic carbocycles. The van der Waals surface area contributed by atoms with E-state index in [1.165, 1.54) is 11.6 Å². The van der Waals surface area contributed by atoms with Gasteiger partial charge in [0.05, 0.1) is 11.6 Å². The minimum Gasteiger partial charge on any atom is -0.444 e. The first-order chi connectivity index (χ1) is 18.0. The first kappa shape index (κ1) is 25.2. The number of carbonyl (C=O) groups is 2. The Morgan fingerprint density at radius 1 is 1.05 bits per heavy atom. The molecular weight excluding hydrogens is 468 g/mol. The van der Waals surface area contributed by atoms with Crippen LogP contribution in [0.1, 0.15) is 67.8 Å². The van der Waals surface area contributed by atoms with E-state index in [-0.39, 0.29) is 24.6 Å². The van der Waals surface area contributed by atoms with Gasteiger partial charge in [-0.1, -0.05) is 50.1 Å². The third-order valence-electron chi connectivity index (χ3n) is 7.69. The van der Waals surface area contributed by atoms with Crippen LogP contribution in [0.4, 0.5) is 16.6 Å². The van der Waals surface area contributed by atoms with Crippen LogP contribution >= 0.6 is 0 Å². The summed E-state index contributed by atoms with van der Waals surface area (Å²) in [5, 5.41) is 3.40. The molecule has 37 heavy (non-hydrogen) atoms. The zero-order chi connectivity index (χ0) is 25.8. The molecule has 4 bridgehead atoms. The summed E-state index contributed by atoms with van der Waals surface area (Å²) in [6.07, 6.45) is 7.98. The molecular formula is C28H36N6O3. The van der Waals surface area contributed by atoms with Crippen LogP contribution in [0.2, 0.25) is 0 Å². The zero-order valence-electron chi connectivity index (χ0n) is 21.6. The minimum absolute atomic E-state index is 0.00122. The Morgan fingerprint density at radius 2 is 1.78 bits per heavy atom. The average Bonchev–Trinajstić information content (AvgIpc) is 2.93. The van der Waals surface area contributed by atoms with E-state index in [9.17, 15) is 9.59 Å². The molecule has 1 saturated heterocycles. The Kier molecular flexibility index (Phi) is 7.69.